The quantitative estimate of drug-likeness (QED) is 0.586. The first kappa shape index (κ1) is 9.27. The van der Waals surface area contributed by atoms with Crippen LogP contribution in [0.15, 0.2) is 0 Å². The molecule has 0 rings (SSSR count). The van der Waals surface area contributed by atoms with Crippen molar-refractivity contribution < 1.29 is 9.84 Å². The fraction of sp³-hybridized carbons (Fsp3) is 1.00. The molecule has 0 aliphatic heterocycles. The van der Waals surface area contributed by atoms with E-state index in [1.165, 1.54) is 0 Å². The average Bonchev–Trinajstić information content (AvgIpc) is 1.89. The van der Waals surface area contributed by atoms with Crippen molar-refractivity contribution in [3.05, 3.63) is 0 Å². The zero-order valence-corrected chi connectivity index (χ0v) is 6.78. The maximum atomic E-state index is 8.39. The van der Waals surface area contributed by atoms with Gasteiger partial charge in [-0.15, -0.1) is 0 Å². The van der Waals surface area contributed by atoms with Gasteiger partial charge in [0.2, 0.25) is 0 Å². The predicted octanol–water partition coefficient (Wildman–Crippen LogP) is 0.747. The lowest BCUT2D eigenvalue weighted by atomic mass is 10.5. The summed E-state index contributed by atoms with van der Waals surface area (Å²) in [6, 6.07) is 0. The average molecular weight is 150 g/mol. The number of aliphatic hydroxyl groups excluding tert-OH is 1. The second-order valence-corrected chi connectivity index (χ2v) is 2.99. The van der Waals surface area contributed by atoms with E-state index in [9.17, 15) is 0 Å². The molecule has 0 heterocycles. The molecule has 1 atom stereocenters. The van der Waals surface area contributed by atoms with E-state index in [0.29, 0.717) is 6.10 Å². The van der Waals surface area contributed by atoms with Crippen LogP contribution in [0.1, 0.15) is 6.92 Å². The standard InChI is InChI=1S/C6H14O2S/c1-6(8-2)5-9-4-3-7/h6-7H,3-5H2,1-2H3. The molecule has 0 bridgehead atoms. The summed E-state index contributed by atoms with van der Waals surface area (Å²) in [5.74, 6) is 1.78. The van der Waals surface area contributed by atoms with E-state index in [-0.39, 0.29) is 6.61 Å². The summed E-state index contributed by atoms with van der Waals surface area (Å²) in [5, 5.41) is 8.39. The Hall–Kier alpha value is 0.270. The van der Waals surface area contributed by atoms with Crippen LogP contribution in [0.25, 0.3) is 0 Å². The highest BCUT2D eigenvalue weighted by Crippen LogP contribution is 2.02. The smallest absolute Gasteiger partial charge is 0.0633 e. The molecule has 0 spiro atoms. The highest BCUT2D eigenvalue weighted by molar-refractivity contribution is 7.99. The van der Waals surface area contributed by atoms with Gasteiger partial charge < -0.3 is 9.84 Å². The second kappa shape index (κ2) is 6.39. The number of aliphatic hydroxyl groups is 1. The minimum atomic E-state index is 0.265. The third-order valence-electron chi connectivity index (χ3n) is 0.991. The fourth-order valence-electron chi connectivity index (χ4n) is 0.382. The van der Waals surface area contributed by atoms with Crippen LogP contribution in [-0.2, 0) is 4.74 Å². The minimum absolute atomic E-state index is 0.265. The fourth-order valence-corrected chi connectivity index (χ4v) is 1.15. The molecular weight excluding hydrogens is 136 g/mol. The molecular formula is C6H14O2S. The monoisotopic (exact) mass is 150 g/mol. The Morgan fingerprint density at radius 2 is 2.33 bits per heavy atom. The van der Waals surface area contributed by atoms with Crippen LogP contribution in [0.5, 0.6) is 0 Å². The summed E-state index contributed by atoms with van der Waals surface area (Å²) >= 11 is 1.71. The first-order valence-electron chi connectivity index (χ1n) is 3.02. The maximum Gasteiger partial charge on any atom is 0.0633 e. The Morgan fingerprint density at radius 3 is 2.78 bits per heavy atom. The molecule has 1 N–H and O–H groups in total. The zero-order chi connectivity index (χ0) is 7.11. The van der Waals surface area contributed by atoms with Gasteiger partial charge in [-0.2, -0.15) is 11.8 Å². The van der Waals surface area contributed by atoms with Crippen LogP contribution in [0, 0.1) is 0 Å². The number of hydrogen-bond acceptors (Lipinski definition) is 3. The van der Waals surface area contributed by atoms with Crippen LogP contribution in [0.3, 0.4) is 0 Å². The normalized spacial score (nSPS) is 13.7. The summed E-state index contributed by atoms with van der Waals surface area (Å²) in [6.45, 7) is 2.28. The van der Waals surface area contributed by atoms with Crippen molar-refractivity contribution in [1.29, 1.82) is 0 Å². The number of ether oxygens (including phenoxy) is 1. The molecule has 0 radical (unpaired) electrons. The van der Waals surface area contributed by atoms with Crippen molar-refractivity contribution in [1.82, 2.24) is 0 Å². The van der Waals surface area contributed by atoms with Gasteiger partial charge in [0.1, 0.15) is 0 Å². The van der Waals surface area contributed by atoms with Gasteiger partial charge in [0.05, 0.1) is 12.7 Å². The molecule has 0 saturated heterocycles. The van der Waals surface area contributed by atoms with E-state index in [1.54, 1.807) is 18.9 Å². The molecule has 2 nitrogen and oxygen atoms in total. The van der Waals surface area contributed by atoms with E-state index in [0.717, 1.165) is 11.5 Å². The minimum Gasteiger partial charge on any atom is -0.396 e. The SMILES string of the molecule is COC(C)CSCCO. The molecule has 0 aromatic carbocycles. The molecule has 0 aromatic rings. The Kier molecular flexibility index (Phi) is 6.58. The molecule has 0 fully saturated rings. The Bertz CT molecular complexity index is 59.0. The Labute approximate surface area is 60.6 Å². The van der Waals surface area contributed by atoms with E-state index in [4.69, 9.17) is 9.84 Å². The first-order chi connectivity index (χ1) is 4.31. The summed E-state index contributed by atoms with van der Waals surface area (Å²) in [7, 11) is 1.70. The summed E-state index contributed by atoms with van der Waals surface area (Å²) < 4.78 is 4.99. The van der Waals surface area contributed by atoms with Crippen LogP contribution in [0.4, 0.5) is 0 Å². The highest BCUT2D eigenvalue weighted by atomic mass is 32.2. The van der Waals surface area contributed by atoms with Crippen molar-refractivity contribution in [3.63, 3.8) is 0 Å². The topological polar surface area (TPSA) is 29.5 Å². The highest BCUT2D eigenvalue weighted by Gasteiger charge is 1.96. The summed E-state index contributed by atoms with van der Waals surface area (Å²) in [6.07, 6.45) is 0.307. The number of thioether (sulfide) groups is 1. The van der Waals surface area contributed by atoms with Gasteiger partial charge in [-0.3, -0.25) is 0 Å². The molecule has 0 aliphatic rings. The number of rotatable bonds is 5. The third-order valence-corrected chi connectivity index (χ3v) is 2.17. The van der Waals surface area contributed by atoms with Crippen LogP contribution < -0.4 is 0 Å². The van der Waals surface area contributed by atoms with Gasteiger partial charge >= 0.3 is 0 Å². The van der Waals surface area contributed by atoms with Crippen LogP contribution >= 0.6 is 11.8 Å². The zero-order valence-electron chi connectivity index (χ0n) is 5.96. The number of methoxy groups -OCH3 is 1. The Morgan fingerprint density at radius 1 is 1.67 bits per heavy atom. The largest absolute Gasteiger partial charge is 0.396 e. The van der Waals surface area contributed by atoms with Crippen LogP contribution in [0.2, 0.25) is 0 Å². The van der Waals surface area contributed by atoms with E-state index in [1.807, 2.05) is 6.92 Å². The maximum absolute atomic E-state index is 8.39. The van der Waals surface area contributed by atoms with Crippen molar-refractivity contribution in [2.75, 3.05) is 25.2 Å². The van der Waals surface area contributed by atoms with E-state index < -0.39 is 0 Å². The lowest BCUT2D eigenvalue weighted by Gasteiger charge is -2.06. The molecule has 0 aromatic heterocycles. The third kappa shape index (κ3) is 6.15. The van der Waals surface area contributed by atoms with Crippen molar-refractivity contribution >= 4 is 11.8 Å². The lowest BCUT2D eigenvalue weighted by Crippen LogP contribution is -2.08. The molecule has 1 unspecified atom stereocenters. The molecule has 3 heteroatoms. The Balaban J connectivity index is 2.88. The van der Waals surface area contributed by atoms with Crippen molar-refractivity contribution in [3.8, 4) is 0 Å². The first-order valence-corrected chi connectivity index (χ1v) is 4.18. The van der Waals surface area contributed by atoms with Gasteiger partial charge in [-0.25, -0.2) is 0 Å². The lowest BCUT2D eigenvalue weighted by molar-refractivity contribution is 0.138. The molecule has 0 amide bonds. The van der Waals surface area contributed by atoms with Crippen LogP contribution in [-0.4, -0.2) is 36.4 Å². The molecule has 0 saturated carbocycles. The molecule has 0 aliphatic carbocycles. The van der Waals surface area contributed by atoms with Gasteiger partial charge in [0.15, 0.2) is 0 Å². The predicted molar refractivity (Wildman–Crippen MR) is 40.9 cm³/mol. The van der Waals surface area contributed by atoms with Gasteiger partial charge in [-0.05, 0) is 6.92 Å². The van der Waals surface area contributed by atoms with Crippen molar-refractivity contribution in [2.24, 2.45) is 0 Å². The van der Waals surface area contributed by atoms with E-state index >= 15 is 0 Å². The summed E-state index contributed by atoms with van der Waals surface area (Å²) in [5.41, 5.74) is 0. The molecule has 9 heavy (non-hydrogen) atoms. The second-order valence-electron chi connectivity index (χ2n) is 1.84. The number of hydrogen-bond donors (Lipinski definition) is 1. The molecule has 56 valence electrons. The summed E-state index contributed by atoms with van der Waals surface area (Å²) in [4.78, 5) is 0. The van der Waals surface area contributed by atoms with Crippen molar-refractivity contribution in [2.45, 2.75) is 13.0 Å². The van der Waals surface area contributed by atoms with Gasteiger partial charge in [0.25, 0.3) is 0 Å². The van der Waals surface area contributed by atoms with Gasteiger partial charge in [-0.1, -0.05) is 0 Å². The van der Waals surface area contributed by atoms with Gasteiger partial charge in [0, 0.05) is 18.6 Å². The van der Waals surface area contributed by atoms with E-state index in [2.05, 4.69) is 0 Å².